The van der Waals surface area contributed by atoms with Crippen molar-refractivity contribution in [1.82, 2.24) is 15.1 Å². The average Bonchev–Trinajstić information content (AvgIpc) is 2.74. The molecule has 0 saturated heterocycles. The Morgan fingerprint density at radius 1 is 1.44 bits per heavy atom. The Hall–Kier alpha value is -1.03. The molecular formula is C14H27N3O. The zero-order valence-electron chi connectivity index (χ0n) is 12.4. The van der Waals surface area contributed by atoms with Crippen LogP contribution in [-0.2, 0) is 7.05 Å². The first-order valence-corrected chi connectivity index (χ1v) is 6.94. The molecule has 0 bridgehead atoms. The summed E-state index contributed by atoms with van der Waals surface area (Å²) in [6, 6.07) is 0.309. The molecular weight excluding hydrogens is 226 g/mol. The highest BCUT2D eigenvalue weighted by molar-refractivity contribution is 5.28. The molecule has 104 valence electrons. The number of nitrogens with one attached hydrogen (secondary N) is 1. The standard InChI is InChI=1S/C14H27N3O/c1-6-8-9-11(3)13(15-7-2)14-12(18-5)10-16-17(14)4/h10-11,13,15H,6-9H2,1-5H3. The van der Waals surface area contributed by atoms with Crippen molar-refractivity contribution in [3.63, 3.8) is 0 Å². The van der Waals surface area contributed by atoms with Crippen LogP contribution in [0.15, 0.2) is 6.20 Å². The van der Waals surface area contributed by atoms with Crippen LogP contribution in [0.1, 0.15) is 51.8 Å². The number of aryl methyl sites for hydroxylation is 1. The molecule has 0 fully saturated rings. The molecule has 1 aromatic rings. The summed E-state index contributed by atoms with van der Waals surface area (Å²) in [5, 5.41) is 7.87. The van der Waals surface area contributed by atoms with E-state index in [4.69, 9.17) is 4.74 Å². The van der Waals surface area contributed by atoms with E-state index in [1.54, 1.807) is 13.3 Å². The maximum atomic E-state index is 5.42. The number of ether oxygens (including phenoxy) is 1. The van der Waals surface area contributed by atoms with Crippen molar-refractivity contribution in [3.05, 3.63) is 11.9 Å². The van der Waals surface area contributed by atoms with E-state index in [2.05, 4.69) is 31.2 Å². The van der Waals surface area contributed by atoms with Gasteiger partial charge in [-0.15, -0.1) is 0 Å². The highest BCUT2D eigenvalue weighted by Crippen LogP contribution is 2.31. The molecule has 1 rings (SSSR count). The van der Waals surface area contributed by atoms with Gasteiger partial charge in [-0.05, 0) is 18.9 Å². The van der Waals surface area contributed by atoms with E-state index in [0.29, 0.717) is 12.0 Å². The molecule has 4 heteroatoms. The van der Waals surface area contributed by atoms with Crippen molar-refractivity contribution in [3.8, 4) is 5.75 Å². The third-order valence-corrected chi connectivity index (χ3v) is 3.47. The quantitative estimate of drug-likeness (QED) is 0.774. The number of nitrogens with zero attached hydrogens (tertiary/aromatic N) is 2. The van der Waals surface area contributed by atoms with E-state index >= 15 is 0 Å². The summed E-state index contributed by atoms with van der Waals surface area (Å²) in [6.45, 7) is 7.63. The molecule has 0 aliphatic heterocycles. The highest BCUT2D eigenvalue weighted by Gasteiger charge is 2.24. The SMILES string of the molecule is CCCCC(C)C(NCC)c1c(OC)cnn1C. The smallest absolute Gasteiger partial charge is 0.161 e. The Labute approximate surface area is 111 Å². The van der Waals surface area contributed by atoms with Gasteiger partial charge < -0.3 is 10.1 Å². The number of unbranched alkanes of at least 4 members (excludes halogenated alkanes) is 1. The van der Waals surface area contributed by atoms with E-state index in [9.17, 15) is 0 Å². The van der Waals surface area contributed by atoms with Gasteiger partial charge >= 0.3 is 0 Å². The van der Waals surface area contributed by atoms with Gasteiger partial charge in [0.05, 0.1) is 25.0 Å². The minimum absolute atomic E-state index is 0.309. The molecule has 4 nitrogen and oxygen atoms in total. The fourth-order valence-electron chi connectivity index (χ4n) is 2.42. The molecule has 0 aliphatic rings. The van der Waals surface area contributed by atoms with E-state index in [1.165, 1.54) is 19.3 Å². The Morgan fingerprint density at radius 2 is 2.17 bits per heavy atom. The predicted molar refractivity (Wildman–Crippen MR) is 74.9 cm³/mol. The second-order valence-electron chi connectivity index (χ2n) is 4.88. The van der Waals surface area contributed by atoms with Crippen molar-refractivity contribution < 1.29 is 4.74 Å². The van der Waals surface area contributed by atoms with Crippen LogP contribution in [-0.4, -0.2) is 23.4 Å². The Balaban J connectivity index is 2.91. The van der Waals surface area contributed by atoms with Crippen molar-refractivity contribution in [1.29, 1.82) is 0 Å². The first-order chi connectivity index (χ1) is 8.65. The monoisotopic (exact) mass is 253 g/mol. The number of hydrogen-bond donors (Lipinski definition) is 1. The van der Waals surface area contributed by atoms with Gasteiger partial charge in [0.25, 0.3) is 0 Å². The topological polar surface area (TPSA) is 39.1 Å². The van der Waals surface area contributed by atoms with Crippen LogP contribution in [0.25, 0.3) is 0 Å². The normalized spacial score (nSPS) is 14.5. The molecule has 0 amide bonds. The Kier molecular flexibility index (Phi) is 6.19. The van der Waals surface area contributed by atoms with Crippen LogP contribution in [0, 0.1) is 5.92 Å². The van der Waals surface area contributed by atoms with Gasteiger partial charge in [0, 0.05) is 7.05 Å². The molecule has 18 heavy (non-hydrogen) atoms. The molecule has 2 unspecified atom stereocenters. The van der Waals surface area contributed by atoms with Gasteiger partial charge in [-0.25, -0.2) is 0 Å². The van der Waals surface area contributed by atoms with Gasteiger partial charge in [0.15, 0.2) is 5.75 Å². The van der Waals surface area contributed by atoms with Gasteiger partial charge in [0.2, 0.25) is 0 Å². The van der Waals surface area contributed by atoms with Crippen molar-refractivity contribution in [2.75, 3.05) is 13.7 Å². The second-order valence-corrected chi connectivity index (χ2v) is 4.88. The molecule has 1 N–H and O–H groups in total. The summed E-state index contributed by atoms with van der Waals surface area (Å²) in [4.78, 5) is 0. The molecule has 0 aromatic carbocycles. The van der Waals surface area contributed by atoms with Crippen LogP contribution in [0.3, 0.4) is 0 Å². The minimum Gasteiger partial charge on any atom is -0.493 e. The molecule has 1 aromatic heterocycles. The number of aromatic nitrogens is 2. The number of rotatable bonds is 8. The van der Waals surface area contributed by atoms with Gasteiger partial charge in [-0.2, -0.15) is 5.10 Å². The zero-order valence-corrected chi connectivity index (χ0v) is 12.4. The number of hydrogen-bond acceptors (Lipinski definition) is 3. The van der Waals surface area contributed by atoms with Crippen molar-refractivity contribution in [2.24, 2.45) is 13.0 Å². The van der Waals surface area contributed by atoms with Crippen LogP contribution in [0.4, 0.5) is 0 Å². The van der Waals surface area contributed by atoms with Crippen molar-refractivity contribution in [2.45, 2.75) is 46.1 Å². The lowest BCUT2D eigenvalue weighted by Gasteiger charge is -2.25. The first-order valence-electron chi connectivity index (χ1n) is 6.94. The zero-order chi connectivity index (χ0) is 13.5. The summed E-state index contributed by atoms with van der Waals surface area (Å²) in [7, 11) is 3.69. The summed E-state index contributed by atoms with van der Waals surface area (Å²) < 4.78 is 7.35. The first kappa shape index (κ1) is 15.0. The second kappa shape index (κ2) is 7.41. The average molecular weight is 253 g/mol. The minimum atomic E-state index is 0.309. The molecule has 0 radical (unpaired) electrons. The van der Waals surface area contributed by atoms with Gasteiger partial charge in [-0.1, -0.05) is 33.6 Å². The Morgan fingerprint density at radius 3 is 2.72 bits per heavy atom. The molecule has 1 heterocycles. The largest absolute Gasteiger partial charge is 0.493 e. The lowest BCUT2D eigenvalue weighted by Crippen LogP contribution is -2.29. The maximum absolute atomic E-state index is 5.42. The summed E-state index contributed by atoms with van der Waals surface area (Å²) in [6.07, 6.45) is 5.53. The van der Waals surface area contributed by atoms with Crippen LogP contribution in [0.5, 0.6) is 5.75 Å². The Bertz CT molecular complexity index is 349. The van der Waals surface area contributed by atoms with Crippen molar-refractivity contribution >= 4 is 0 Å². The fraction of sp³-hybridized carbons (Fsp3) is 0.786. The third kappa shape index (κ3) is 3.48. The van der Waals surface area contributed by atoms with Gasteiger partial charge in [-0.3, -0.25) is 4.68 Å². The molecule has 0 spiro atoms. The number of methoxy groups -OCH3 is 1. The fourth-order valence-corrected chi connectivity index (χ4v) is 2.42. The summed E-state index contributed by atoms with van der Waals surface area (Å²) in [5.74, 6) is 1.46. The summed E-state index contributed by atoms with van der Waals surface area (Å²) in [5.41, 5.74) is 1.16. The lowest BCUT2D eigenvalue weighted by molar-refractivity contribution is 0.329. The van der Waals surface area contributed by atoms with Crippen LogP contribution >= 0.6 is 0 Å². The summed E-state index contributed by atoms with van der Waals surface area (Å²) >= 11 is 0. The predicted octanol–water partition coefficient (Wildman–Crippen LogP) is 2.91. The van der Waals surface area contributed by atoms with Crippen LogP contribution in [0.2, 0.25) is 0 Å². The third-order valence-electron chi connectivity index (χ3n) is 3.47. The highest BCUT2D eigenvalue weighted by atomic mass is 16.5. The molecule has 2 atom stereocenters. The maximum Gasteiger partial charge on any atom is 0.161 e. The van der Waals surface area contributed by atoms with E-state index in [-0.39, 0.29) is 0 Å². The van der Waals surface area contributed by atoms with E-state index < -0.39 is 0 Å². The molecule has 0 saturated carbocycles. The lowest BCUT2D eigenvalue weighted by atomic mass is 9.93. The molecule has 0 aliphatic carbocycles. The van der Waals surface area contributed by atoms with E-state index in [0.717, 1.165) is 18.0 Å². The van der Waals surface area contributed by atoms with Crippen LogP contribution < -0.4 is 10.1 Å². The van der Waals surface area contributed by atoms with Gasteiger partial charge in [0.1, 0.15) is 0 Å². The van der Waals surface area contributed by atoms with E-state index in [1.807, 2.05) is 11.7 Å².